The number of benzene rings is 1. The summed E-state index contributed by atoms with van der Waals surface area (Å²) in [6.45, 7) is 3.84. The first-order valence-corrected chi connectivity index (χ1v) is 7.66. The third kappa shape index (κ3) is 3.82. The molecule has 1 N–H and O–H groups in total. The Labute approximate surface area is 121 Å². The van der Waals surface area contributed by atoms with Crippen LogP contribution in [0.5, 0.6) is 0 Å². The summed E-state index contributed by atoms with van der Waals surface area (Å²) in [5.74, 6) is 0. The van der Waals surface area contributed by atoms with Gasteiger partial charge in [0, 0.05) is 12.6 Å². The number of nitriles is 1. The maximum Gasteiger partial charge on any atom is 0.0991 e. The zero-order valence-corrected chi connectivity index (χ0v) is 12.3. The number of aliphatic hydroxyl groups is 1. The quantitative estimate of drug-likeness (QED) is 0.895. The molecule has 0 heterocycles. The van der Waals surface area contributed by atoms with Gasteiger partial charge in [-0.15, -0.1) is 0 Å². The minimum Gasteiger partial charge on any atom is -0.387 e. The molecule has 108 valence electrons. The molecule has 1 fully saturated rings. The lowest BCUT2D eigenvalue weighted by atomic mass is 9.93. The Bertz CT molecular complexity index is 443. The second-order valence-electron chi connectivity index (χ2n) is 5.63. The lowest BCUT2D eigenvalue weighted by Crippen LogP contribution is -2.39. The number of hydrogen-bond donors (Lipinski definition) is 1. The van der Waals surface area contributed by atoms with Gasteiger partial charge in [-0.2, -0.15) is 5.26 Å². The molecule has 0 aliphatic heterocycles. The van der Waals surface area contributed by atoms with Crippen LogP contribution < -0.4 is 0 Å². The van der Waals surface area contributed by atoms with Crippen LogP contribution >= 0.6 is 0 Å². The molecule has 1 aromatic rings. The van der Waals surface area contributed by atoms with Gasteiger partial charge in [0.1, 0.15) is 0 Å². The molecule has 1 aliphatic carbocycles. The van der Waals surface area contributed by atoms with E-state index in [2.05, 4.69) is 17.9 Å². The highest BCUT2D eigenvalue weighted by Gasteiger charge is 2.22. The lowest BCUT2D eigenvalue weighted by Gasteiger charge is -2.34. The van der Waals surface area contributed by atoms with Crippen LogP contribution in [0.1, 0.15) is 56.3 Å². The maximum atomic E-state index is 10.4. The molecule has 0 radical (unpaired) electrons. The van der Waals surface area contributed by atoms with Crippen LogP contribution in [0.4, 0.5) is 0 Å². The third-order valence-electron chi connectivity index (χ3n) is 4.33. The number of nitrogens with zero attached hydrogens (tertiary/aromatic N) is 2. The molecule has 1 atom stereocenters. The molecule has 3 heteroatoms. The largest absolute Gasteiger partial charge is 0.387 e. The summed E-state index contributed by atoms with van der Waals surface area (Å²) in [5.41, 5.74) is 1.54. The molecule has 3 nitrogen and oxygen atoms in total. The van der Waals surface area contributed by atoms with Gasteiger partial charge < -0.3 is 5.11 Å². The van der Waals surface area contributed by atoms with Gasteiger partial charge in [-0.05, 0) is 37.1 Å². The molecular formula is C17H24N2O. The molecule has 0 spiro atoms. The molecule has 0 amide bonds. The van der Waals surface area contributed by atoms with Gasteiger partial charge >= 0.3 is 0 Å². The van der Waals surface area contributed by atoms with Crippen molar-refractivity contribution < 1.29 is 5.11 Å². The average molecular weight is 272 g/mol. The summed E-state index contributed by atoms with van der Waals surface area (Å²) in [4.78, 5) is 2.40. The highest BCUT2D eigenvalue weighted by molar-refractivity contribution is 5.32. The van der Waals surface area contributed by atoms with Crippen molar-refractivity contribution in [3.05, 3.63) is 35.4 Å². The van der Waals surface area contributed by atoms with E-state index >= 15 is 0 Å². The summed E-state index contributed by atoms with van der Waals surface area (Å²) in [6.07, 6.45) is 6.03. The SMILES string of the molecule is CCN(CC(O)c1ccc(C#N)cc1)C1CCCCC1. The fourth-order valence-corrected chi connectivity index (χ4v) is 3.09. The van der Waals surface area contributed by atoms with Gasteiger partial charge in [-0.1, -0.05) is 38.3 Å². The lowest BCUT2D eigenvalue weighted by molar-refractivity contribution is 0.0767. The Kier molecular flexibility index (Phi) is 5.58. The van der Waals surface area contributed by atoms with E-state index in [1.807, 2.05) is 12.1 Å². The zero-order valence-electron chi connectivity index (χ0n) is 12.3. The predicted octanol–water partition coefficient (Wildman–Crippen LogP) is 3.25. The van der Waals surface area contributed by atoms with Crippen molar-refractivity contribution in [2.24, 2.45) is 0 Å². The second-order valence-corrected chi connectivity index (χ2v) is 5.63. The van der Waals surface area contributed by atoms with Gasteiger partial charge in [0.05, 0.1) is 17.7 Å². The average Bonchev–Trinajstić information content (AvgIpc) is 2.53. The molecule has 20 heavy (non-hydrogen) atoms. The number of rotatable bonds is 5. The third-order valence-corrected chi connectivity index (χ3v) is 4.33. The first-order chi connectivity index (χ1) is 9.74. The Morgan fingerprint density at radius 2 is 1.90 bits per heavy atom. The summed E-state index contributed by atoms with van der Waals surface area (Å²) < 4.78 is 0. The van der Waals surface area contributed by atoms with Crippen LogP contribution in [0.3, 0.4) is 0 Å². The Hall–Kier alpha value is -1.37. The molecule has 0 saturated heterocycles. The van der Waals surface area contributed by atoms with Crippen molar-refractivity contribution in [2.45, 2.75) is 51.2 Å². The highest BCUT2D eigenvalue weighted by atomic mass is 16.3. The van der Waals surface area contributed by atoms with Crippen molar-refractivity contribution in [2.75, 3.05) is 13.1 Å². The smallest absolute Gasteiger partial charge is 0.0991 e. The normalized spacial score (nSPS) is 17.9. The first-order valence-electron chi connectivity index (χ1n) is 7.66. The minimum absolute atomic E-state index is 0.468. The highest BCUT2D eigenvalue weighted by Crippen LogP contribution is 2.24. The Morgan fingerprint density at radius 1 is 1.25 bits per heavy atom. The van der Waals surface area contributed by atoms with Gasteiger partial charge in [0.25, 0.3) is 0 Å². The fourth-order valence-electron chi connectivity index (χ4n) is 3.09. The Balaban J connectivity index is 1.96. The molecule has 0 aromatic heterocycles. The summed E-state index contributed by atoms with van der Waals surface area (Å²) in [6, 6.07) is 10.00. The van der Waals surface area contributed by atoms with E-state index in [1.54, 1.807) is 12.1 Å². The van der Waals surface area contributed by atoms with E-state index in [0.717, 1.165) is 12.1 Å². The number of likely N-dealkylation sites (N-methyl/N-ethyl adjacent to an activating group) is 1. The molecule has 1 aliphatic rings. The van der Waals surface area contributed by atoms with Gasteiger partial charge in [-0.25, -0.2) is 0 Å². The summed E-state index contributed by atoms with van der Waals surface area (Å²) in [5, 5.41) is 19.2. The standard InChI is InChI=1S/C17H24N2O/c1-2-19(16-6-4-3-5-7-16)13-17(20)15-10-8-14(12-18)9-11-15/h8-11,16-17,20H,2-7,13H2,1H3. The molecular weight excluding hydrogens is 248 g/mol. The van der Waals surface area contributed by atoms with E-state index in [1.165, 1.54) is 32.1 Å². The van der Waals surface area contributed by atoms with Gasteiger partial charge in [0.2, 0.25) is 0 Å². The molecule has 0 bridgehead atoms. The maximum absolute atomic E-state index is 10.4. The zero-order chi connectivity index (χ0) is 14.4. The van der Waals surface area contributed by atoms with Crippen LogP contribution in [0.2, 0.25) is 0 Å². The number of hydrogen-bond acceptors (Lipinski definition) is 3. The van der Waals surface area contributed by atoms with Crippen LogP contribution in [0.25, 0.3) is 0 Å². The van der Waals surface area contributed by atoms with Crippen molar-refractivity contribution in [3.8, 4) is 6.07 Å². The Morgan fingerprint density at radius 3 is 2.45 bits per heavy atom. The van der Waals surface area contributed by atoms with Crippen LogP contribution in [0, 0.1) is 11.3 Å². The summed E-state index contributed by atoms with van der Waals surface area (Å²) in [7, 11) is 0. The van der Waals surface area contributed by atoms with Crippen molar-refractivity contribution >= 4 is 0 Å². The van der Waals surface area contributed by atoms with Crippen molar-refractivity contribution in [3.63, 3.8) is 0 Å². The molecule has 2 rings (SSSR count). The first kappa shape index (κ1) is 15.0. The second kappa shape index (κ2) is 7.42. The summed E-state index contributed by atoms with van der Waals surface area (Å²) >= 11 is 0. The fraction of sp³-hybridized carbons (Fsp3) is 0.588. The van der Waals surface area contributed by atoms with E-state index in [9.17, 15) is 5.11 Å². The number of aliphatic hydroxyl groups excluding tert-OH is 1. The topological polar surface area (TPSA) is 47.3 Å². The molecule has 1 aromatic carbocycles. The molecule has 1 saturated carbocycles. The van der Waals surface area contributed by atoms with Crippen molar-refractivity contribution in [1.82, 2.24) is 4.90 Å². The van der Waals surface area contributed by atoms with Crippen molar-refractivity contribution in [1.29, 1.82) is 5.26 Å². The minimum atomic E-state index is -0.468. The van der Waals surface area contributed by atoms with E-state index in [0.29, 0.717) is 18.2 Å². The van der Waals surface area contributed by atoms with Gasteiger partial charge in [0.15, 0.2) is 0 Å². The van der Waals surface area contributed by atoms with Crippen LogP contribution in [-0.2, 0) is 0 Å². The van der Waals surface area contributed by atoms with Gasteiger partial charge in [-0.3, -0.25) is 4.90 Å². The molecule has 1 unspecified atom stereocenters. The van der Waals surface area contributed by atoms with E-state index < -0.39 is 6.10 Å². The van der Waals surface area contributed by atoms with E-state index in [-0.39, 0.29) is 0 Å². The van der Waals surface area contributed by atoms with Crippen LogP contribution in [-0.4, -0.2) is 29.1 Å². The predicted molar refractivity (Wildman–Crippen MR) is 80.2 cm³/mol. The van der Waals surface area contributed by atoms with E-state index in [4.69, 9.17) is 5.26 Å². The monoisotopic (exact) mass is 272 g/mol. The van der Waals surface area contributed by atoms with Crippen LogP contribution in [0.15, 0.2) is 24.3 Å².